The number of fused-ring (bicyclic) bond motifs is 2. The summed E-state index contributed by atoms with van der Waals surface area (Å²) in [5.41, 5.74) is 1.36. The Bertz CT molecular complexity index is 1310. The summed E-state index contributed by atoms with van der Waals surface area (Å²) in [6.45, 7) is 0. The lowest BCUT2D eigenvalue weighted by Gasteiger charge is -2.34. The molecule has 9 nitrogen and oxygen atoms in total. The van der Waals surface area contributed by atoms with Crippen LogP contribution in [0.25, 0.3) is 6.08 Å². The van der Waals surface area contributed by atoms with Gasteiger partial charge in [0, 0.05) is 11.8 Å². The van der Waals surface area contributed by atoms with Crippen LogP contribution in [0, 0.1) is 23.7 Å². The highest BCUT2D eigenvalue weighted by Crippen LogP contribution is 2.59. The topological polar surface area (TPSA) is 136 Å². The molecule has 0 N–H and O–H groups in total. The first-order valence-electron chi connectivity index (χ1n) is 10.9. The zero-order chi connectivity index (χ0) is 27.1. The van der Waals surface area contributed by atoms with Crippen molar-refractivity contribution in [2.45, 2.75) is 42.1 Å². The average Bonchev–Trinajstić information content (AvgIpc) is 3.51. The van der Waals surface area contributed by atoms with Crippen LogP contribution in [0.1, 0.15) is 23.5 Å². The van der Waals surface area contributed by atoms with E-state index >= 15 is 0 Å². The Hall–Kier alpha value is -3.07. The predicted octanol–water partition coefficient (Wildman–Crippen LogP) is 2.13. The van der Waals surface area contributed by atoms with E-state index in [1.807, 2.05) is 0 Å². The molecule has 3 fully saturated rings. The van der Waals surface area contributed by atoms with Crippen LogP contribution < -0.4 is 0 Å². The summed E-state index contributed by atoms with van der Waals surface area (Å²) in [5, 5.41) is -6.04. The lowest BCUT2D eigenvalue weighted by Crippen LogP contribution is -2.54. The van der Waals surface area contributed by atoms with Gasteiger partial charge in [-0.05, 0) is 17.5 Å². The van der Waals surface area contributed by atoms with Crippen LogP contribution in [0.5, 0.6) is 0 Å². The van der Waals surface area contributed by atoms with Gasteiger partial charge in [-0.3, -0.25) is 14.4 Å². The minimum atomic E-state index is -6.89. The third-order valence-corrected chi connectivity index (χ3v) is 8.17. The van der Waals surface area contributed by atoms with Crippen LogP contribution in [-0.4, -0.2) is 60.6 Å². The number of rotatable bonds is 6. The molecule has 37 heavy (non-hydrogen) atoms. The highest BCUT2D eigenvalue weighted by atomic mass is 32.2. The average molecular weight is 551 g/mol. The van der Waals surface area contributed by atoms with Crippen molar-refractivity contribution in [3.8, 4) is 0 Å². The van der Waals surface area contributed by atoms with Gasteiger partial charge in [0.1, 0.15) is 18.1 Å². The van der Waals surface area contributed by atoms with E-state index in [9.17, 15) is 49.3 Å². The van der Waals surface area contributed by atoms with E-state index in [1.54, 1.807) is 36.4 Å². The number of esters is 3. The number of hydrogen-bond donors (Lipinski definition) is 0. The first-order valence-corrected chi connectivity index (χ1v) is 12.3. The largest absolute Gasteiger partial charge is 0.743 e. The number of halogens is 5. The summed E-state index contributed by atoms with van der Waals surface area (Å²) < 4.78 is 115. The Balaban J connectivity index is 1.39. The van der Waals surface area contributed by atoms with Crippen molar-refractivity contribution in [2.75, 3.05) is 0 Å². The summed E-state index contributed by atoms with van der Waals surface area (Å²) in [6, 6.07) is 6.86. The van der Waals surface area contributed by atoms with E-state index in [4.69, 9.17) is 9.47 Å². The summed E-state index contributed by atoms with van der Waals surface area (Å²) in [6.07, 6.45) is -9.83. The normalized spacial score (nSPS) is 32.7. The predicted molar refractivity (Wildman–Crippen MR) is 107 cm³/mol. The van der Waals surface area contributed by atoms with Gasteiger partial charge in [0.15, 0.2) is 10.1 Å². The maximum atomic E-state index is 13.9. The van der Waals surface area contributed by atoms with Crippen molar-refractivity contribution in [3.63, 3.8) is 0 Å². The Morgan fingerprint density at radius 3 is 2.41 bits per heavy atom. The van der Waals surface area contributed by atoms with Gasteiger partial charge in [-0.2, -0.15) is 22.0 Å². The number of alkyl halides is 5. The molecule has 1 aromatic rings. The van der Waals surface area contributed by atoms with Crippen LogP contribution in [0.15, 0.2) is 30.3 Å². The molecule has 0 radical (unpaired) electrons. The molecule has 3 aliphatic carbocycles. The Morgan fingerprint density at radius 1 is 1.08 bits per heavy atom. The molecule has 0 spiro atoms. The Morgan fingerprint density at radius 2 is 1.76 bits per heavy atom. The molecule has 200 valence electrons. The van der Waals surface area contributed by atoms with Gasteiger partial charge in [0.05, 0.1) is 11.8 Å². The van der Waals surface area contributed by atoms with Gasteiger partial charge in [-0.15, -0.1) is 0 Å². The van der Waals surface area contributed by atoms with Crippen molar-refractivity contribution in [2.24, 2.45) is 23.7 Å². The number of carbonyl (C=O) groups is 3. The SMILES string of the molecule is O=C(OC1C2CC3C1OC(=O)C3C2C(=O)OC(C(F)(F)F)C(F)(F)S(=O)(=O)[O-])C1C=Cc2ccccc21. The molecular weight excluding hydrogens is 535 g/mol. The van der Waals surface area contributed by atoms with Crippen molar-refractivity contribution >= 4 is 34.1 Å². The maximum absolute atomic E-state index is 13.9. The molecule has 1 saturated heterocycles. The molecule has 0 aromatic heterocycles. The van der Waals surface area contributed by atoms with E-state index < -0.39 is 87.4 Å². The second-order valence-electron chi connectivity index (χ2n) is 9.26. The maximum Gasteiger partial charge on any atom is 0.432 e. The molecule has 5 rings (SSSR count). The molecular formula is C22H16F5O9S-. The Kier molecular flexibility index (Phi) is 5.68. The fourth-order valence-electron chi connectivity index (χ4n) is 5.78. The molecule has 2 saturated carbocycles. The molecule has 8 atom stereocenters. The molecule has 1 aromatic carbocycles. The monoisotopic (exact) mass is 551 g/mol. The molecule has 1 aliphatic heterocycles. The van der Waals surface area contributed by atoms with E-state index in [2.05, 4.69) is 4.74 Å². The van der Waals surface area contributed by atoms with Crippen LogP contribution in [0.3, 0.4) is 0 Å². The van der Waals surface area contributed by atoms with E-state index in [1.165, 1.54) is 0 Å². The van der Waals surface area contributed by atoms with Crippen molar-refractivity contribution in [3.05, 3.63) is 41.5 Å². The number of benzene rings is 1. The minimum Gasteiger partial charge on any atom is -0.743 e. The highest BCUT2D eigenvalue weighted by molar-refractivity contribution is 7.86. The third kappa shape index (κ3) is 3.90. The third-order valence-electron chi connectivity index (χ3n) is 7.29. The zero-order valence-electron chi connectivity index (χ0n) is 18.3. The zero-order valence-corrected chi connectivity index (χ0v) is 19.1. The summed E-state index contributed by atoms with van der Waals surface area (Å²) >= 11 is 0. The van der Waals surface area contributed by atoms with Crippen molar-refractivity contribution < 1.29 is 63.5 Å². The van der Waals surface area contributed by atoms with Crippen LogP contribution in [-0.2, 0) is 38.7 Å². The fourth-order valence-corrected chi connectivity index (χ4v) is 6.23. The number of carbonyl (C=O) groups excluding carboxylic acids is 3. The molecule has 0 amide bonds. The molecule has 1 heterocycles. The minimum absolute atomic E-state index is 0.0250. The highest BCUT2D eigenvalue weighted by Gasteiger charge is 2.71. The van der Waals surface area contributed by atoms with E-state index in [-0.39, 0.29) is 6.42 Å². The number of hydrogen-bond acceptors (Lipinski definition) is 9. The summed E-state index contributed by atoms with van der Waals surface area (Å²) in [5.74, 6) is -9.69. The van der Waals surface area contributed by atoms with E-state index in [0.717, 1.165) is 5.56 Å². The van der Waals surface area contributed by atoms with Gasteiger partial charge < -0.3 is 18.8 Å². The first-order chi connectivity index (χ1) is 17.1. The molecule has 4 aliphatic rings. The molecule has 2 bridgehead atoms. The van der Waals surface area contributed by atoms with Gasteiger partial charge >= 0.3 is 29.3 Å². The lowest BCUT2D eigenvalue weighted by molar-refractivity contribution is -0.262. The Labute approximate surface area is 205 Å². The van der Waals surface area contributed by atoms with Gasteiger partial charge in [0.25, 0.3) is 6.10 Å². The first kappa shape index (κ1) is 25.6. The second-order valence-corrected chi connectivity index (χ2v) is 10.7. The quantitative estimate of drug-likeness (QED) is 0.225. The summed E-state index contributed by atoms with van der Waals surface area (Å²) in [7, 11) is -6.89. The van der Waals surface area contributed by atoms with Gasteiger partial charge in [-0.25, -0.2) is 8.42 Å². The molecule has 8 unspecified atom stereocenters. The van der Waals surface area contributed by atoms with Gasteiger partial charge in [-0.1, -0.05) is 36.4 Å². The van der Waals surface area contributed by atoms with Crippen molar-refractivity contribution in [1.29, 1.82) is 0 Å². The van der Waals surface area contributed by atoms with Gasteiger partial charge in [0.2, 0.25) is 0 Å². The standard InChI is InChI=1S/C22H17F5O9S/c23-21(24,25)20(22(26,27)37(31,32)33)36-19(30)14-12-7-11-13(14)18(29)35-16(11)15(12)34-17(28)10-6-5-8-3-1-2-4-9(8)10/h1-6,10-16,20H,7H2,(H,31,32,33)/p-1. The van der Waals surface area contributed by atoms with Crippen LogP contribution >= 0.6 is 0 Å². The lowest BCUT2D eigenvalue weighted by atomic mass is 9.78. The van der Waals surface area contributed by atoms with Crippen LogP contribution in [0.4, 0.5) is 22.0 Å². The smallest absolute Gasteiger partial charge is 0.432 e. The fraction of sp³-hybridized carbons (Fsp3) is 0.500. The van der Waals surface area contributed by atoms with Crippen molar-refractivity contribution in [1.82, 2.24) is 0 Å². The number of ether oxygens (including phenoxy) is 3. The summed E-state index contributed by atoms with van der Waals surface area (Å²) in [4.78, 5) is 38.1. The second kappa shape index (κ2) is 8.21. The van der Waals surface area contributed by atoms with E-state index in [0.29, 0.717) is 5.56 Å². The molecule has 15 heteroatoms. The van der Waals surface area contributed by atoms with Crippen LogP contribution in [0.2, 0.25) is 0 Å².